The van der Waals surface area contributed by atoms with Crippen LogP contribution in [-0.4, -0.2) is 41.7 Å². The van der Waals surface area contributed by atoms with Gasteiger partial charge in [0.25, 0.3) is 0 Å². The van der Waals surface area contributed by atoms with Gasteiger partial charge in [-0.2, -0.15) is 0 Å². The van der Waals surface area contributed by atoms with Crippen LogP contribution in [0.2, 0.25) is 0 Å². The number of amides is 1. The van der Waals surface area contributed by atoms with Crippen LogP contribution < -0.4 is 5.73 Å². The second-order valence-electron chi connectivity index (χ2n) is 4.85. The van der Waals surface area contributed by atoms with Crippen molar-refractivity contribution in [2.45, 2.75) is 18.9 Å². The summed E-state index contributed by atoms with van der Waals surface area (Å²) >= 11 is 0. The van der Waals surface area contributed by atoms with Gasteiger partial charge in [-0.1, -0.05) is 30.3 Å². The third-order valence-electron chi connectivity index (χ3n) is 3.43. The van der Waals surface area contributed by atoms with Crippen LogP contribution in [0.1, 0.15) is 12.0 Å². The van der Waals surface area contributed by atoms with Gasteiger partial charge in [0.2, 0.25) is 5.91 Å². The maximum Gasteiger partial charge on any atom is 0.227 e. The summed E-state index contributed by atoms with van der Waals surface area (Å²) in [5.41, 5.74) is 6.84. The third kappa shape index (κ3) is 3.09. The lowest BCUT2D eigenvalue weighted by Crippen LogP contribution is -2.39. The molecular formula is C14H20N2O2. The van der Waals surface area contributed by atoms with Crippen molar-refractivity contribution < 1.29 is 9.90 Å². The van der Waals surface area contributed by atoms with Gasteiger partial charge >= 0.3 is 0 Å². The van der Waals surface area contributed by atoms with Crippen LogP contribution in [0, 0.1) is 5.92 Å². The quantitative estimate of drug-likeness (QED) is 0.810. The number of aliphatic hydroxyl groups is 1. The highest BCUT2D eigenvalue weighted by atomic mass is 16.3. The lowest BCUT2D eigenvalue weighted by atomic mass is 9.98. The number of benzene rings is 1. The molecule has 0 saturated carbocycles. The predicted octanol–water partition coefficient (Wildman–Crippen LogP) is 0.397. The molecule has 3 N–H and O–H groups in total. The maximum absolute atomic E-state index is 12.3. The van der Waals surface area contributed by atoms with Gasteiger partial charge in [-0.05, 0) is 18.4 Å². The van der Waals surface area contributed by atoms with Gasteiger partial charge in [0.15, 0.2) is 0 Å². The molecule has 0 bridgehead atoms. The highest BCUT2D eigenvalue weighted by Crippen LogP contribution is 2.15. The lowest BCUT2D eigenvalue weighted by Gasteiger charge is -2.22. The van der Waals surface area contributed by atoms with E-state index in [4.69, 9.17) is 5.73 Å². The van der Waals surface area contributed by atoms with Crippen molar-refractivity contribution >= 4 is 5.91 Å². The van der Waals surface area contributed by atoms with E-state index in [2.05, 4.69) is 0 Å². The highest BCUT2D eigenvalue weighted by Gasteiger charge is 2.29. The van der Waals surface area contributed by atoms with E-state index >= 15 is 0 Å². The number of likely N-dealkylation sites (tertiary alicyclic amines) is 1. The molecule has 2 unspecified atom stereocenters. The number of carbonyl (C=O) groups excluding carboxylic acids is 1. The van der Waals surface area contributed by atoms with Gasteiger partial charge in [-0.3, -0.25) is 4.79 Å². The molecule has 1 heterocycles. The molecule has 4 heteroatoms. The normalized spacial score (nSPS) is 21.0. The summed E-state index contributed by atoms with van der Waals surface area (Å²) in [7, 11) is 0. The van der Waals surface area contributed by atoms with E-state index in [-0.39, 0.29) is 17.9 Å². The Morgan fingerprint density at radius 1 is 1.44 bits per heavy atom. The van der Waals surface area contributed by atoms with Gasteiger partial charge in [0.05, 0.1) is 12.0 Å². The second-order valence-corrected chi connectivity index (χ2v) is 4.85. The molecule has 1 fully saturated rings. The number of rotatable bonds is 4. The van der Waals surface area contributed by atoms with Gasteiger partial charge in [0, 0.05) is 19.6 Å². The molecule has 18 heavy (non-hydrogen) atoms. The molecule has 1 amide bonds. The van der Waals surface area contributed by atoms with E-state index in [0.29, 0.717) is 32.5 Å². The van der Waals surface area contributed by atoms with Crippen molar-refractivity contribution in [2.24, 2.45) is 11.7 Å². The van der Waals surface area contributed by atoms with Crippen LogP contribution in [-0.2, 0) is 11.2 Å². The molecule has 0 radical (unpaired) electrons. The van der Waals surface area contributed by atoms with Crippen LogP contribution in [0.4, 0.5) is 0 Å². The van der Waals surface area contributed by atoms with Crippen molar-refractivity contribution in [3.63, 3.8) is 0 Å². The SMILES string of the molecule is NCC(Cc1ccccc1)C(=O)N1CCC(O)C1. The van der Waals surface area contributed by atoms with Crippen LogP contribution in [0.15, 0.2) is 30.3 Å². The van der Waals surface area contributed by atoms with Crippen LogP contribution in [0.25, 0.3) is 0 Å². The van der Waals surface area contributed by atoms with E-state index in [1.807, 2.05) is 30.3 Å². The predicted molar refractivity (Wildman–Crippen MR) is 69.9 cm³/mol. The zero-order valence-corrected chi connectivity index (χ0v) is 10.5. The van der Waals surface area contributed by atoms with Crippen molar-refractivity contribution in [3.8, 4) is 0 Å². The number of nitrogens with two attached hydrogens (primary N) is 1. The topological polar surface area (TPSA) is 66.6 Å². The van der Waals surface area contributed by atoms with E-state index in [0.717, 1.165) is 5.56 Å². The average Bonchev–Trinajstić information content (AvgIpc) is 2.83. The molecular weight excluding hydrogens is 228 g/mol. The fourth-order valence-electron chi connectivity index (χ4n) is 2.37. The summed E-state index contributed by atoms with van der Waals surface area (Å²) in [5, 5.41) is 9.47. The Hall–Kier alpha value is -1.39. The first-order valence-corrected chi connectivity index (χ1v) is 6.41. The van der Waals surface area contributed by atoms with E-state index in [9.17, 15) is 9.90 Å². The molecule has 1 saturated heterocycles. The minimum absolute atomic E-state index is 0.0675. The molecule has 1 aliphatic heterocycles. The standard InChI is InChI=1S/C14H20N2O2/c15-9-12(8-11-4-2-1-3-5-11)14(18)16-7-6-13(17)10-16/h1-5,12-13,17H,6-10,15H2. The van der Waals surface area contributed by atoms with Crippen LogP contribution >= 0.6 is 0 Å². The van der Waals surface area contributed by atoms with E-state index in [1.54, 1.807) is 4.90 Å². The first kappa shape index (κ1) is 13.1. The Bertz CT molecular complexity index is 394. The van der Waals surface area contributed by atoms with E-state index in [1.165, 1.54) is 0 Å². The largest absolute Gasteiger partial charge is 0.391 e. The van der Waals surface area contributed by atoms with Gasteiger partial charge in [-0.15, -0.1) is 0 Å². The van der Waals surface area contributed by atoms with Crippen LogP contribution in [0.3, 0.4) is 0 Å². The number of carbonyl (C=O) groups is 1. The molecule has 0 aliphatic carbocycles. The fourth-order valence-corrected chi connectivity index (χ4v) is 2.37. The minimum Gasteiger partial charge on any atom is -0.391 e. The van der Waals surface area contributed by atoms with Gasteiger partial charge in [0.1, 0.15) is 0 Å². The Kier molecular flexibility index (Phi) is 4.33. The Morgan fingerprint density at radius 2 is 2.17 bits per heavy atom. The third-order valence-corrected chi connectivity index (χ3v) is 3.43. The molecule has 0 spiro atoms. The first-order valence-electron chi connectivity index (χ1n) is 6.41. The Labute approximate surface area is 107 Å². The number of aliphatic hydroxyl groups excluding tert-OH is 1. The van der Waals surface area contributed by atoms with Gasteiger partial charge in [-0.25, -0.2) is 0 Å². The molecule has 4 nitrogen and oxygen atoms in total. The summed E-state index contributed by atoms with van der Waals surface area (Å²) in [5.74, 6) is -0.115. The smallest absolute Gasteiger partial charge is 0.227 e. The maximum atomic E-state index is 12.3. The Balaban J connectivity index is 1.98. The van der Waals surface area contributed by atoms with E-state index < -0.39 is 0 Å². The summed E-state index contributed by atoms with van der Waals surface area (Å²) in [4.78, 5) is 14.0. The summed E-state index contributed by atoms with van der Waals surface area (Å²) < 4.78 is 0. The number of hydrogen-bond acceptors (Lipinski definition) is 3. The second kappa shape index (κ2) is 5.98. The zero-order valence-electron chi connectivity index (χ0n) is 10.5. The Morgan fingerprint density at radius 3 is 2.72 bits per heavy atom. The number of β-amino-alcohol motifs (C(OH)–C–C–N with tert-alkyl or cyclic N) is 1. The number of nitrogens with zero attached hydrogens (tertiary/aromatic N) is 1. The molecule has 0 aromatic heterocycles. The summed E-state index contributed by atoms with van der Waals surface area (Å²) in [6.07, 6.45) is 0.973. The minimum atomic E-state index is -0.371. The monoisotopic (exact) mass is 248 g/mol. The average molecular weight is 248 g/mol. The number of hydrogen-bond donors (Lipinski definition) is 2. The molecule has 2 rings (SSSR count). The highest BCUT2D eigenvalue weighted by molar-refractivity contribution is 5.79. The van der Waals surface area contributed by atoms with Crippen molar-refractivity contribution in [3.05, 3.63) is 35.9 Å². The molecule has 98 valence electrons. The van der Waals surface area contributed by atoms with Crippen LogP contribution in [0.5, 0.6) is 0 Å². The first-order chi connectivity index (χ1) is 8.70. The molecule has 1 aliphatic rings. The fraction of sp³-hybridized carbons (Fsp3) is 0.500. The lowest BCUT2D eigenvalue weighted by molar-refractivity contribution is -0.134. The summed E-state index contributed by atoms with van der Waals surface area (Å²) in [6, 6.07) is 9.91. The zero-order chi connectivity index (χ0) is 13.0. The summed E-state index contributed by atoms with van der Waals surface area (Å²) in [6.45, 7) is 1.44. The molecule has 1 aromatic rings. The van der Waals surface area contributed by atoms with Crippen molar-refractivity contribution in [1.82, 2.24) is 4.90 Å². The molecule has 1 aromatic carbocycles. The van der Waals surface area contributed by atoms with Crippen molar-refractivity contribution in [2.75, 3.05) is 19.6 Å². The molecule has 2 atom stereocenters. The van der Waals surface area contributed by atoms with Crippen molar-refractivity contribution in [1.29, 1.82) is 0 Å². The van der Waals surface area contributed by atoms with Gasteiger partial charge < -0.3 is 15.7 Å².